The van der Waals surface area contributed by atoms with Crippen LogP contribution in [0.2, 0.25) is 0 Å². The summed E-state index contributed by atoms with van der Waals surface area (Å²) >= 11 is 0. The second-order valence-electron chi connectivity index (χ2n) is 3.84. The van der Waals surface area contributed by atoms with Crippen molar-refractivity contribution >= 4 is 21.7 Å². The van der Waals surface area contributed by atoms with Gasteiger partial charge < -0.3 is 10.8 Å². The SMILES string of the molecule is NC(=O)CS(=O)(=O)Cc1ccccc1CC(=O)O. The summed E-state index contributed by atoms with van der Waals surface area (Å²) in [6.45, 7) is 0. The molecule has 0 aliphatic heterocycles. The number of carboxylic acids is 1. The van der Waals surface area contributed by atoms with E-state index in [9.17, 15) is 18.0 Å². The largest absolute Gasteiger partial charge is 0.481 e. The molecule has 98 valence electrons. The van der Waals surface area contributed by atoms with Crippen molar-refractivity contribution in [1.29, 1.82) is 0 Å². The van der Waals surface area contributed by atoms with Crippen molar-refractivity contribution in [1.82, 2.24) is 0 Å². The molecular formula is C11H13NO5S. The Morgan fingerprint density at radius 1 is 1.17 bits per heavy atom. The zero-order chi connectivity index (χ0) is 13.8. The van der Waals surface area contributed by atoms with Crippen molar-refractivity contribution in [2.45, 2.75) is 12.2 Å². The Morgan fingerprint density at radius 3 is 2.22 bits per heavy atom. The number of carbonyl (C=O) groups excluding carboxylic acids is 1. The predicted molar refractivity (Wildman–Crippen MR) is 64.5 cm³/mol. The van der Waals surface area contributed by atoms with Gasteiger partial charge in [0.25, 0.3) is 0 Å². The third kappa shape index (κ3) is 4.54. The first-order valence-electron chi connectivity index (χ1n) is 5.07. The lowest BCUT2D eigenvalue weighted by Gasteiger charge is -2.07. The lowest BCUT2D eigenvalue weighted by Crippen LogP contribution is -2.24. The van der Waals surface area contributed by atoms with Crippen LogP contribution in [0.4, 0.5) is 0 Å². The van der Waals surface area contributed by atoms with Crippen molar-refractivity contribution in [2.24, 2.45) is 5.73 Å². The number of rotatable bonds is 6. The van der Waals surface area contributed by atoms with Crippen LogP contribution in [0.5, 0.6) is 0 Å². The monoisotopic (exact) mass is 271 g/mol. The molecule has 18 heavy (non-hydrogen) atoms. The number of benzene rings is 1. The van der Waals surface area contributed by atoms with E-state index in [1.165, 1.54) is 6.07 Å². The minimum atomic E-state index is -3.66. The topological polar surface area (TPSA) is 115 Å². The van der Waals surface area contributed by atoms with Gasteiger partial charge in [-0.2, -0.15) is 0 Å². The Balaban J connectivity index is 2.97. The van der Waals surface area contributed by atoms with Gasteiger partial charge in [-0.05, 0) is 11.1 Å². The second-order valence-corrected chi connectivity index (χ2v) is 5.90. The fourth-order valence-corrected chi connectivity index (χ4v) is 2.83. The maximum absolute atomic E-state index is 11.6. The van der Waals surface area contributed by atoms with Gasteiger partial charge in [-0.25, -0.2) is 8.42 Å². The first-order chi connectivity index (χ1) is 8.30. The lowest BCUT2D eigenvalue weighted by molar-refractivity contribution is -0.136. The number of amides is 1. The minimum Gasteiger partial charge on any atom is -0.481 e. The van der Waals surface area contributed by atoms with E-state index in [0.29, 0.717) is 11.1 Å². The fraction of sp³-hybridized carbons (Fsp3) is 0.273. The van der Waals surface area contributed by atoms with E-state index in [4.69, 9.17) is 10.8 Å². The molecule has 0 aromatic heterocycles. The number of carbonyl (C=O) groups is 2. The highest BCUT2D eigenvalue weighted by Gasteiger charge is 2.17. The lowest BCUT2D eigenvalue weighted by atomic mass is 10.1. The van der Waals surface area contributed by atoms with Crippen LogP contribution in [0.1, 0.15) is 11.1 Å². The molecule has 1 aromatic rings. The molecule has 1 rings (SSSR count). The van der Waals surface area contributed by atoms with Gasteiger partial charge in [0, 0.05) is 0 Å². The number of carboxylic acid groups (broad SMARTS) is 1. The summed E-state index contributed by atoms with van der Waals surface area (Å²) in [6.07, 6.45) is -0.262. The molecule has 0 saturated carbocycles. The molecule has 1 amide bonds. The molecule has 6 nitrogen and oxygen atoms in total. The van der Waals surface area contributed by atoms with Crippen LogP contribution in [-0.2, 0) is 31.6 Å². The van der Waals surface area contributed by atoms with Gasteiger partial charge in [0.15, 0.2) is 9.84 Å². The third-order valence-corrected chi connectivity index (χ3v) is 3.67. The maximum Gasteiger partial charge on any atom is 0.307 e. The summed E-state index contributed by atoms with van der Waals surface area (Å²) in [5.74, 6) is -3.10. The first kappa shape index (κ1) is 14.2. The van der Waals surface area contributed by atoms with E-state index in [1.54, 1.807) is 18.2 Å². The van der Waals surface area contributed by atoms with Crippen LogP contribution >= 0.6 is 0 Å². The van der Waals surface area contributed by atoms with E-state index in [1.807, 2.05) is 0 Å². The standard InChI is InChI=1S/C11H13NO5S/c12-10(13)7-18(16,17)6-9-4-2-1-3-8(9)5-11(14)15/h1-4H,5-7H2,(H2,12,13)(H,14,15). The quantitative estimate of drug-likeness (QED) is 0.738. The Hall–Kier alpha value is -1.89. The Morgan fingerprint density at radius 2 is 1.72 bits per heavy atom. The highest BCUT2D eigenvalue weighted by atomic mass is 32.2. The highest BCUT2D eigenvalue weighted by Crippen LogP contribution is 2.13. The van der Waals surface area contributed by atoms with Crippen LogP contribution < -0.4 is 5.73 Å². The van der Waals surface area contributed by atoms with Gasteiger partial charge in [0.05, 0.1) is 12.2 Å². The number of primary amides is 1. The van der Waals surface area contributed by atoms with Crippen molar-refractivity contribution in [2.75, 3.05) is 5.75 Å². The molecule has 0 heterocycles. The van der Waals surface area contributed by atoms with Gasteiger partial charge in [0.2, 0.25) is 5.91 Å². The van der Waals surface area contributed by atoms with Crippen molar-refractivity contribution in [3.63, 3.8) is 0 Å². The molecule has 3 N–H and O–H groups in total. The number of sulfone groups is 1. The molecule has 0 radical (unpaired) electrons. The van der Waals surface area contributed by atoms with E-state index in [0.717, 1.165) is 0 Å². The van der Waals surface area contributed by atoms with Crippen LogP contribution in [0.25, 0.3) is 0 Å². The van der Waals surface area contributed by atoms with Gasteiger partial charge >= 0.3 is 5.97 Å². The summed E-state index contributed by atoms with van der Waals surface area (Å²) in [6, 6.07) is 6.31. The molecule has 0 aliphatic carbocycles. The summed E-state index contributed by atoms with van der Waals surface area (Å²) < 4.78 is 23.2. The predicted octanol–water partition coefficient (Wildman–Crippen LogP) is -0.286. The Labute approximate surface area is 104 Å². The van der Waals surface area contributed by atoms with Crippen LogP contribution in [0.15, 0.2) is 24.3 Å². The fourth-order valence-electron chi connectivity index (χ4n) is 1.54. The van der Waals surface area contributed by atoms with Gasteiger partial charge in [-0.15, -0.1) is 0 Å². The minimum absolute atomic E-state index is 0.262. The summed E-state index contributed by atoms with van der Waals surface area (Å²) in [5.41, 5.74) is 5.63. The molecule has 0 saturated heterocycles. The Kier molecular flexibility index (Phi) is 4.43. The molecule has 7 heteroatoms. The second kappa shape index (κ2) is 5.63. The van der Waals surface area contributed by atoms with Crippen LogP contribution in [-0.4, -0.2) is 31.2 Å². The molecule has 0 spiro atoms. The smallest absolute Gasteiger partial charge is 0.307 e. The average molecular weight is 271 g/mol. The highest BCUT2D eigenvalue weighted by molar-refractivity contribution is 7.91. The summed E-state index contributed by atoms with van der Waals surface area (Å²) in [7, 11) is -3.66. The number of hydrogen-bond donors (Lipinski definition) is 2. The van der Waals surface area contributed by atoms with Crippen LogP contribution in [0.3, 0.4) is 0 Å². The number of hydrogen-bond acceptors (Lipinski definition) is 4. The number of nitrogens with two attached hydrogens (primary N) is 1. The van der Waals surface area contributed by atoms with Gasteiger partial charge in [0.1, 0.15) is 5.75 Å². The number of aliphatic carboxylic acids is 1. The first-order valence-corrected chi connectivity index (χ1v) is 6.89. The Bertz CT molecular complexity index is 565. The zero-order valence-corrected chi connectivity index (χ0v) is 10.3. The molecule has 0 unspecified atom stereocenters. The van der Waals surface area contributed by atoms with Gasteiger partial charge in [-0.1, -0.05) is 24.3 Å². The molecule has 1 aromatic carbocycles. The average Bonchev–Trinajstić information content (AvgIpc) is 2.17. The normalized spacial score (nSPS) is 11.1. The third-order valence-electron chi connectivity index (χ3n) is 2.20. The molecular weight excluding hydrogens is 258 g/mol. The molecule has 0 atom stereocenters. The van der Waals surface area contributed by atoms with Gasteiger partial charge in [-0.3, -0.25) is 9.59 Å². The van der Waals surface area contributed by atoms with Crippen molar-refractivity contribution in [3.8, 4) is 0 Å². The zero-order valence-electron chi connectivity index (χ0n) is 9.50. The van der Waals surface area contributed by atoms with Crippen molar-refractivity contribution < 1.29 is 23.1 Å². The van der Waals surface area contributed by atoms with Crippen LogP contribution in [0, 0.1) is 0 Å². The van der Waals surface area contributed by atoms with E-state index < -0.39 is 27.5 Å². The summed E-state index contributed by atoms with van der Waals surface area (Å²) in [5, 5.41) is 8.71. The van der Waals surface area contributed by atoms with E-state index in [2.05, 4.69) is 0 Å². The molecule has 0 fully saturated rings. The van der Waals surface area contributed by atoms with Crippen molar-refractivity contribution in [3.05, 3.63) is 35.4 Å². The van der Waals surface area contributed by atoms with E-state index >= 15 is 0 Å². The maximum atomic E-state index is 11.6. The summed E-state index contributed by atoms with van der Waals surface area (Å²) in [4.78, 5) is 21.3. The van der Waals surface area contributed by atoms with E-state index in [-0.39, 0.29) is 12.2 Å². The molecule has 0 aliphatic rings. The molecule has 0 bridgehead atoms.